The molecule has 25 heavy (non-hydrogen) atoms. The van der Waals surface area contributed by atoms with Gasteiger partial charge in [-0.15, -0.1) is 13.2 Å². The second kappa shape index (κ2) is 8.70. The molecule has 2 N–H and O–H groups in total. The number of carboxylic acids is 1. The maximum absolute atomic E-state index is 12.1. The van der Waals surface area contributed by atoms with Crippen molar-refractivity contribution in [1.29, 1.82) is 0 Å². The topological polar surface area (TPSA) is 84.9 Å². The molecule has 0 saturated heterocycles. The van der Waals surface area contributed by atoms with E-state index in [9.17, 15) is 22.8 Å². The van der Waals surface area contributed by atoms with Gasteiger partial charge in [-0.25, -0.2) is 0 Å². The minimum absolute atomic E-state index is 0.0362. The molecule has 0 aliphatic heterocycles. The third kappa shape index (κ3) is 8.39. The Hall–Kier alpha value is -2.29. The van der Waals surface area contributed by atoms with Crippen LogP contribution in [0.1, 0.15) is 25.3 Å². The molecule has 1 aromatic carbocycles. The fourth-order valence-electron chi connectivity index (χ4n) is 2.30. The average Bonchev–Trinajstić information content (AvgIpc) is 2.44. The van der Waals surface area contributed by atoms with Gasteiger partial charge in [-0.1, -0.05) is 12.1 Å². The van der Waals surface area contributed by atoms with E-state index in [0.29, 0.717) is 5.56 Å². The SMILES string of the molecule is COCC(C)(CC(=O)O)NC(=O)CCc1ccc(OC(F)(F)F)cc1. The maximum Gasteiger partial charge on any atom is 0.573 e. The average molecular weight is 363 g/mol. The normalized spacial score (nSPS) is 13.8. The fraction of sp³-hybridized carbons (Fsp3) is 0.500. The summed E-state index contributed by atoms with van der Waals surface area (Å²) in [7, 11) is 1.40. The van der Waals surface area contributed by atoms with Crippen LogP contribution < -0.4 is 10.1 Å². The van der Waals surface area contributed by atoms with E-state index in [1.165, 1.54) is 31.4 Å². The van der Waals surface area contributed by atoms with Crippen LogP contribution in [0.3, 0.4) is 0 Å². The minimum atomic E-state index is -4.75. The summed E-state index contributed by atoms with van der Waals surface area (Å²) in [6.45, 7) is 1.60. The van der Waals surface area contributed by atoms with Crippen LogP contribution in [0, 0.1) is 0 Å². The number of halogens is 3. The molecule has 0 aliphatic rings. The summed E-state index contributed by atoms with van der Waals surface area (Å²) in [6, 6.07) is 5.19. The number of carboxylic acid groups (broad SMARTS) is 1. The molecule has 0 heterocycles. The lowest BCUT2D eigenvalue weighted by Crippen LogP contribution is -2.50. The summed E-state index contributed by atoms with van der Waals surface area (Å²) in [4.78, 5) is 22.9. The predicted octanol–water partition coefficient (Wildman–Crippen LogP) is 2.51. The highest BCUT2D eigenvalue weighted by atomic mass is 19.4. The Kier molecular flexibility index (Phi) is 7.22. The molecule has 1 rings (SSSR count). The van der Waals surface area contributed by atoms with Crippen molar-refractivity contribution in [3.63, 3.8) is 0 Å². The largest absolute Gasteiger partial charge is 0.573 e. The van der Waals surface area contributed by atoms with E-state index in [1.807, 2.05) is 0 Å². The lowest BCUT2D eigenvalue weighted by atomic mass is 9.98. The van der Waals surface area contributed by atoms with Gasteiger partial charge in [-0.2, -0.15) is 0 Å². The summed E-state index contributed by atoms with van der Waals surface area (Å²) in [5.41, 5.74) is -0.390. The van der Waals surface area contributed by atoms with Crippen LogP contribution in [0.5, 0.6) is 5.75 Å². The van der Waals surface area contributed by atoms with E-state index in [1.54, 1.807) is 6.92 Å². The third-order valence-corrected chi connectivity index (χ3v) is 3.24. The van der Waals surface area contributed by atoms with Crippen molar-refractivity contribution < 1.29 is 37.3 Å². The third-order valence-electron chi connectivity index (χ3n) is 3.24. The molecular weight excluding hydrogens is 343 g/mol. The van der Waals surface area contributed by atoms with Gasteiger partial charge in [0.05, 0.1) is 18.6 Å². The first-order valence-electron chi connectivity index (χ1n) is 7.39. The van der Waals surface area contributed by atoms with Gasteiger partial charge in [0.25, 0.3) is 0 Å². The molecule has 1 amide bonds. The highest BCUT2D eigenvalue weighted by molar-refractivity contribution is 5.78. The van der Waals surface area contributed by atoms with Crippen molar-refractivity contribution in [2.75, 3.05) is 13.7 Å². The molecule has 140 valence electrons. The van der Waals surface area contributed by atoms with Gasteiger partial charge in [-0.05, 0) is 31.0 Å². The number of nitrogens with one attached hydrogen (secondary N) is 1. The van der Waals surface area contributed by atoms with Gasteiger partial charge in [0.2, 0.25) is 5.91 Å². The van der Waals surface area contributed by atoms with Gasteiger partial charge in [-0.3, -0.25) is 9.59 Å². The molecule has 0 saturated carbocycles. The molecule has 1 atom stereocenters. The minimum Gasteiger partial charge on any atom is -0.481 e. The van der Waals surface area contributed by atoms with Crippen molar-refractivity contribution in [3.05, 3.63) is 29.8 Å². The Morgan fingerprint density at radius 1 is 1.20 bits per heavy atom. The molecule has 1 unspecified atom stereocenters. The summed E-state index contributed by atoms with van der Waals surface area (Å²) in [5, 5.41) is 11.5. The molecule has 0 aliphatic carbocycles. The number of benzene rings is 1. The standard InChI is InChI=1S/C16H20F3NO5/c1-15(10-24-2,9-14(22)23)20-13(21)8-5-11-3-6-12(7-4-11)25-16(17,18)19/h3-4,6-7H,5,8-10H2,1-2H3,(H,20,21)(H,22,23). The van der Waals surface area contributed by atoms with E-state index in [2.05, 4.69) is 10.1 Å². The molecule has 0 bridgehead atoms. The lowest BCUT2D eigenvalue weighted by Gasteiger charge is -2.28. The van der Waals surface area contributed by atoms with Crippen LogP contribution >= 0.6 is 0 Å². The Morgan fingerprint density at radius 3 is 2.28 bits per heavy atom. The first-order chi connectivity index (χ1) is 11.5. The van der Waals surface area contributed by atoms with Crippen LogP contribution in [-0.4, -0.2) is 42.6 Å². The zero-order valence-electron chi connectivity index (χ0n) is 13.9. The van der Waals surface area contributed by atoms with Gasteiger partial charge >= 0.3 is 12.3 Å². The Bertz CT molecular complexity index is 588. The van der Waals surface area contributed by atoms with E-state index in [4.69, 9.17) is 9.84 Å². The number of carbonyl (C=O) groups is 2. The van der Waals surface area contributed by atoms with Crippen molar-refractivity contribution in [2.24, 2.45) is 0 Å². The molecule has 6 nitrogen and oxygen atoms in total. The monoisotopic (exact) mass is 363 g/mol. The van der Waals surface area contributed by atoms with Crippen LogP contribution in [0.2, 0.25) is 0 Å². The number of carbonyl (C=O) groups excluding carboxylic acids is 1. The quantitative estimate of drug-likeness (QED) is 0.704. The van der Waals surface area contributed by atoms with Crippen molar-refractivity contribution in [2.45, 2.75) is 38.1 Å². The number of rotatable bonds is 9. The van der Waals surface area contributed by atoms with Crippen LogP contribution in [0.4, 0.5) is 13.2 Å². The van der Waals surface area contributed by atoms with Crippen LogP contribution in [-0.2, 0) is 20.7 Å². The maximum atomic E-state index is 12.1. The number of amides is 1. The number of methoxy groups -OCH3 is 1. The molecule has 0 fully saturated rings. The number of ether oxygens (including phenoxy) is 2. The van der Waals surface area contributed by atoms with E-state index < -0.39 is 17.9 Å². The molecule has 0 radical (unpaired) electrons. The molecule has 0 spiro atoms. The van der Waals surface area contributed by atoms with E-state index in [0.717, 1.165) is 0 Å². The van der Waals surface area contributed by atoms with Gasteiger partial charge in [0, 0.05) is 13.5 Å². The first-order valence-corrected chi connectivity index (χ1v) is 7.39. The van der Waals surface area contributed by atoms with E-state index >= 15 is 0 Å². The Balaban J connectivity index is 2.56. The summed E-state index contributed by atoms with van der Waals surface area (Å²) < 4.78 is 44.9. The number of alkyl halides is 3. The van der Waals surface area contributed by atoms with Gasteiger partial charge in [0.1, 0.15) is 5.75 Å². The van der Waals surface area contributed by atoms with Crippen molar-refractivity contribution in [1.82, 2.24) is 5.32 Å². The first kappa shape index (κ1) is 20.8. The number of aliphatic carboxylic acids is 1. The van der Waals surface area contributed by atoms with Gasteiger partial charge in [0.15, 0.2) is 0 Å². The molecule has 9 heteroatoms. The van der Waals surface area contributed by atoms with E-state index in [-0.39, 0.29) is 37.5 Å². The highest BCUT2D eigenvalue weighted by Gasteiger charge is 2.31. The summed E-state index contributed by atoms with van der Waals surface area (Å²) in [6.07, 6.45) is -4.71. The molecule has 1 aromatic rings. The smallest absolute Gasteiger partial charge is 0.481 e. The second-order valence-corrected chi connectivity index (χ2v) is 5.80. The lowest BCUT2D eigenvalue weighted by molar-refractivity contribution is -0.274. The Morgan fingerprint density at radius 2 is 1.80 bits per heavy atom. The van der Waals surface area contributed by atoms with Crippen molar-refractivity contribution >= 4 is 11.9 Å². The molecule has 0 aromatic heterocycles. The second-order valence-electron chi connectivity index (χ2n) is 5.80. The van der Waals surface area contributed by atoms with Crippen molar-refractivity contribution in [3.8, 4) is 5.75 Å². The van der Waals surface area contributed by atoms with Gasteiger partial charge < -0.3 is 19.9 Å². The highest BCUT2D eigenvalue weighted by Crippen LogP contribution is 2.23. The zero-order chi connectivity index (χ0) is 19.1. The Labute approximate surface area is 142 Å². The predicted molar refractivity (Wildman–Crippen MR) is 82.1 cm³/mol. The number of hydrogen-bond acceptors (Lipinski definition) is 4. The fourth-order valence-corrected chi connectivity index (χ4v) is 2.30. The van der Waals surface area contributed by atoms with Crippen LogP contribution in [0.25, 0.3) is 0 Å². The number of hydrogen-bond donors (Lipinski definition) is 2. The molecular formula is C16H20F3NO5. The summed E-state index contributed by atoms with van der Waals surface area (Å²) >= 11 is 0. The zero-order valence-corrected chi connectivity index (χ0v) is 13.9. The summed E-state index contributed by atoms with van der Waals surface area (Å²) in [5.74, 6) is -1.79. The van der Waals surface area contributed by atoms with Crippen LogP contribution in [0.15, 0.2) is 24.3 Å². The number of aryl methyl sites for hydroxylation is 1.